The average Bonchev–Trinajstić information content (AvgIpc) is 3.08. The molecule has 0 aromatic heterocycles. The van der Waals surface area contributed by atoms with Crippen LogP contribution in [0.3, 0.4) is 0 Å². The van der Waals surface area contributed by atoms with E-state index < -0.39 is 16.1 Å². The van der Waals surface area contributed by atoms with Crippen molar-refractivity contribution in [1.82, 2.24) is 14.1 Å². The minimum atomic E-state index is -3.38. The first kappa shape index (κ1) is 19.5. The van der Waals surface area contributed by atoms with Gasteiger partial charge in [0.1, 0.15) is 11.9 Å². The maximum atomic E-state index is 13.9. The van der Waals surface area contributed by atoms with Crippen LogP contribution >= 0.6 is 11.6 Å². The third kappa shape index (κ3) is 4.19. The molecular formula is C17H23ClFN3O3S. The van der Waals surface area contributed by atoms with Crippen LogP contribution in [-0.4, -0.2) is 73.5 Å². The van der Waals surface area contributed by atoms with Gasteiger partial charge in [-0.1, -0.05) is 17.7 Å². The van der Waals surface area contributed by atoms with E-state index >= 15 is 0 Å². The van der Waals surface area contributed by atoms with Crippen molar-refractivity contribution in [2.75, 3.05) is 39.0 Å². The van der Waals surface area contributed by atoms with Crippen molar-refractivity contribution >= 4 is 27.5 Å². The molecule has 1 aromatic rings. The highest BCUT2D eigenvalue weighted by molar-refractivity contribution is 7.88. The maximum Gasteiger partial charge on any atom is 0.241 e. The summed E-state index contributed by atoms with van der Waals surface area (Å²) in [6.45, 7) is 3.00. The van der Waals surface area contributed by atoms with Gasteiger partial charge in [-0.05, 0) is 25.0 Å². The summed E-state index contributed by atoms with van der Waals surface area (Å²) in [5, 5.41) is 0.401. The molecule has 0 saturated carbocycles. The Morgan fingerprint density at radius 2 is 1.92 bits per heavy atom. The molecule has 0 N–H and O–H groups in total. The number of halogens is 2. The molecule has 26 heavy (non-hydrogen) atoms. The van der Waals surface area contributed by atoms with Gasteiger partial charge in [-0.15, -0.1) is 0 Å². The van der Waals surface area contributed by atoms with Crippen molar-refractivity contribution in [3.63, 3.8) is 0 Å². The molecule has 2 fully saturated rings. The van der Waals surface area contributed by atoms with E-state index in [1.54, 1.807) is 17.0 Å². The SMILES string of the molecule is CS(=O)(=O)N1CCCC1C(=O)N1CCN(Cc2c(F)cccc2Cl)CC1. The lowest BCUT2D eigenvalue weighted by atomic mass is 10.1. The van der Waals surface area contributed by atoms with Crippen LogP contribution < -0.4 is 0 Å². The number of hydrogen-bond acceptors (Lipinski definition) is 4. The van der Waals surface area contributed by atoms with Crippen LogP contribution in [-0.2, 0) is 21.4 Å². The van der Waals surface area contributed by atoms with Crippen molar-refractivity contribution in [3.05, 3.63) is 34.6 Å². The Balaban J connectivity index is 1.59. The third-order valence-electron chi connectivity index (χ3n) is 5.04. The van der Waals surface area contributed by atoms with Gasteiger partial charge in [-0.2, -0.15) is 4.31 Å². The molecule has 2 aliphatic rings. The monoisotopic (exact) mass is 403 g/mol. The summed E-state index contributed by atoms with van der Waals surface area (Å²) in [7, 11) is -3.38. The minimum absolute atomic E-state index is 0.128. The van der Waals surface area contributed by atoms with E-state index in [9.17, 15) is 17.6 Å². The Hall–Kier alpha value is -1.22. The molecule has 0 bridgehead atoms. The van der Waals surface area contributed by atoms with Gasteiger partial charge in [0.15, 0.2) is 0 Å². The first-order chi connectivity index (χ1) is 12.3. The summed E-state index contributed by atoms with van der Waals surface area (Å²) in [5.74, 6) is -0.456. The summed E-state index contributed by atoms with van der Waals surface area (Å²) < 4.78 is 38.9. The average molecular weight is 404 g/mol. The van der Waals surface area contributed by atoms with Crippen LogP contribution in [0.5, 0.6) is 0 Å². The quantitative estimate of drug-likeness (QED) is 0.765. The van der Waals surface area contributed by atoms with Gasteiger partial charge in [0.25, 0.3) is 0 Å². The van der Waals surface area contributed by atoms with Crippen LogP contribution in [0.15, 0.2) is 18.2 Å². The number of amides is 1. The molecule has 2 heterocycles. The Kier molecular flexibility index (Phi) is 5.86. The second-order valence-corrected chi connectivity index (χ2v) is 9.18. The van der Waals surface area contributed by atoms with E-state index in [4.69, 9.17) is 11.6 Å². The number of carbonyl (C=O) groups is 1. The zero-order valence-electron chi connectivity index (χ0n) is 14.7. The van der Waals surface area contributed by atoms with Gasteiger partial charge >= 0.3 is 0 Å². The molecular weight excluding hydrogens is 381 g/mol. The molecule has 1 unspecified atom stereocenters. The van der Waals surface area contributed by atoms with E-state index in [0.717, 1.165) is 6.26 Å². The Morgan fingerprint density at radius 3 is 2.54 bits per heavy atom. The number of rotatable bonds is 4. The topological polar surface area (TPSA) is 60.9 Å². The summed E-state index contributed by atoms with van der Waals surface area (Å²) in [5.41, 5.74) is 0.466. The number of piperazine rings is 1. The van der Waals surface area contributed by atoms with Crippen molar-refractivity contribution in [2.24, 2.45) is 0 Å². The van der Waals surface area contributed by atoms with Crippen LogP contribution in [0, 0.1) is 5.82 Å². The second-order valence-electron chi connectivity index (χ2n) is 6.83. The lowest BCUT2D eigenvalue weighted by molar-refractivity contribution is -0.136. The number of nitrogens with zero attached hydrogens (tertiary/aromatic N) is 3. The van der Waals surface area contributed by atoms with E-state index in [0.29, 0.717) is 62.7 Å². The smallest absolute Gasteiger partial charge is 0.241 e. The summed E-state index contributed by atoms with van der Waals surface area (Å²) in [6, 6.07) is 4.05. The lowest BCUT2D eigenvalue weighted by Crippen LogP contribution is -2.54. The summed E-state index contributed by atoms with van der Waals surface area (Å²) in [4.78, 5) is 16.5. The van der Waals surface area contributed by atoms with E-state index in [-0.39, 0.29) is 11.7 Å². The molecule has 1 amide bonds. The zero-order chi connectivity index (χ0) is 18.9. The Morgan fingerprint density at radius 1 is 1.23 bits per heavy atom. The first-order valence-corrected chi connectivity index (χ1v) is 10.9. The molecule has 1 aromatic carbocycles. The first-order valence-electron chi connectivity index (χ1n) is 8.68. The van der Waals surface area contributed by atoms with Gasteiger partial charge in [0.05, 0.1) is 6.26 Å². The molecule has 3 rings (SSSR count). The van der Waals surface area contributed by atoms with Crippen molar-refractivity contribution < 1.29 is 17.6 Å². The fourth-order valence-electron chi connectivity index (χ4n) is 3.63. The van der Waals surface area contributed by atoms with Crippen molar-refractivity contribution in [3.8, 4) is 0 Å². The fourth-order valence-corrected chi connectivity index (χ4v) is 4.97. The fraction of sp³-hybridized carbons (Fsp3) is 0.588. The van der Waals surface area contributed by atoms with Crippen molar-refractivity contribution in [2.45, 2.75) is 25.4 Å². The normalized spacial score (nSPS) is 22.7. The molecule has 6 nitrogen and oxygen atoms in total. The number of benzene rings is 1. The highest BCUT2D eigenvalue weighted by atomic mass is 35.5. The molecule has 2 saturated heterocycles. The molecule has 0 aliphatic carbocycles. The summed E-state index contributed by atoms with van der Waals surface area (Å²) >= 11 is 6.08. The molecule has 0 radical (unpaired) electrons. The largest absolute Gasteiger partial charge is 0.339 e. The van der Waals surface area contributed by atoms with Gasteiger partial charge in [0.2, 0.25) is 15.9 Å². The Labute approximate surface area is 158 Å². The predicted molar refractivity (Wildman–Crippen MR) is 97.8 cm³/mol. The van der Waals surface area contributed by atoms with Gasteiger partial charge < -0.3 is 4.90 Å². The second kappa shape index (κ2) is 7.80. The van der Waals surface area contributed by atoms with Crippen LogP contribution in [0.2, 0.25) is 5.02 Å². The van der Waals surface area contributed by atoms with Crippen LogP contribution in [0.4, 0.5) is 4.39 Å². The molecule has 0 spiro atoms. The van der Waals surface area contributed by atoms with E-state index in [1.807, 2.05) is 0 Å². The zero-order valence-corrected chi connectivity index (χ0v) is 16.3. The standard InChI is InChI=1S/C17H23ClFN3O3S/c1-26(24,25)22-7-3-6-16(22)17(23)21-10-8-20(9-11-21)12-13-14(18)4-2-5-15(13)19/h2,4-5,16H,3,6-12H2,1H3. The molecule has 1 atom stereocenters. The predicted octanol–water partition coefficient (Wildman–Crippen LogP) is 1.55. The van der Waals surface area contributed by atoms with Crippen LogP contribution in [0.25, 0.3) is 0 Å². The van der Waals surface area contributed by atoms with Crippen molar-refractivity contribution in [1.29, 1.82) is 0 Å². The number of carbonyl (C=O) groups excluding carboxylic acids is 1. The lowest BCUT2D eigenvalue weighted by Gasteiger charge is -2.37. The number of sulfonamides is 1. The molecule has 9 heteroatoms. The molecule has 2 aliphatic heterocycles. The summed E-state index contributed by atoms with van der Waals surface area (Å²) in [6.07, 6.45) is 2.42. The third-order valence-corrected chi connectivity index (χ3v) is 6.69. The van der Waals surface area contributed by atoms with Gasteiger partial charge in [0, 0.05) is 49.9 Å². The van der Waals surface area contributed by atoms with Gasteiger partial charge in [-0.3, -0.25) is 9.69 Å². The minimum Gasteiger partial charge on any atom is -0.339 e. The van der Waals surface area contributed by atoms with E-state index in [1.165, 1.54) is 10.4 Å². The number of hydrogen-bond donors (Lipinski definition) is 0. The van der Waals surface area contributed by atoms with Gasteiger partial charge in [-0.25, -0.2) is 12.8 Å². The highest BCUT2D eigenvalue weighted by Crippen LogP contribution is 2.24. The maximum absolute atomic E-state index is 13.9. The van der Waals surface area contributed by atoms with E-state index in [2.05, 4.69) is 4.90 Å². The highest BCUT2D eigenvalue weighted by Gasteiger charge is 2.39. The Bertz CT molecular complexity index is 761. The van der Waals surface area contributed by atoms with Crippen LogP contribution in [0.1, 0.15) is 18.4 Å². The molecule has 144 valence electrons.